The first kappa shape index (κ1) is 19.2. The molecule has 5 aromatic rings. The number of nitrogens with one attached hydrogen (secondary N) is 2. The fourth-order valence-corrected chi connectivity index (χ4v) is 4.57. The number of H-pyrrole nitrogens is 2. The third kappa shape index (κ3) is 3.41. The van der Waals surface area contributed by atoms with E-state index in [0.29, 0.717) is 0 Å². The molecule has 2 N–H and O–H groups in total. The van der Waals surface area contributed by atoms with Crippen LogP contribution in [0.5, 0.6) is 0 Å². The minimum atomic E-state index is -0.187. The number of benzene rings is 2. The molecule has 0 aliphatic rings. The third-order valence-corrected chi connectivity index (χ3v) is 6.19. The van der Waals surface area contributed by atoms with Gasteiger partial charge in [0.2, 0.25) is 0 Å². The van der Waals surface area contributed by atoms with Gasteiger partial charge in [-0.25, -0.2) is 0 Å². The van der Waals surface area contributed by atoms with Gasteiger partial charge in [-0.3, -0.25) is 10.1 Å². The molecule has 0 aliphatic heterocycles. The van der Waals surface area contributed by atoms with Crippen molar-refractivity contribution >= 4 is 44.9 Å². The number of hydrogen-bond acceptors (Lipinski definition) is 3. The number of hydrogen-bond donors (Lipinski definition) is 2. The predicted octanol–water partition coefficient (Wildman–Crippen LogP) is 7.20. The first-order chi connectivity index (χ1) is 15.2. The summed E-state index contributed by atoms with van der Waals surface area (Å²) in [7, 11) is 0. The van der Waals surface area contributed by atoms with E-state index in [-0.39, 0.29) is 5.13 Å². The number of fused-ring (bicyclic) bond motifs is 2. The summed E-state index contributed by atoms with van der Waals surface area (Å²) in [5.74, 6) is 0. The first-order valence-corrected chi connectivity index (χ1v) is 10.7. The van der Waals surface area contributed by atoms with E-state index in [0.717, 1.165) is 66.1 Å². The summed E-state index contributed by atoms with van der Waals surface area (Å²) in [6, 6.07) is 17.6. The van der Waals surface area contributed by atoms with Gasteiger partial charge in [0.1, 0.15) is 5.69 Å². The van der Waals surface area contributed by atoms with Crippen molar-refractivity contribution in [2.75, 3.05) is 0 Å². The van der Waals surface area contributed by atoms with Gasteiger partial charge in [0.15, 0.2) is 5.13 Å². The molecule has 0 spiro atoms. The number of thiophene rings is 1. The Bertz CT molecular complexity index is 1480. The number of aliphatic imine (C=N–C) groups is 1. The lowest BCUT2D eigenvalue weighted by molar-refractivity contribution is 0.657. The van der Waals surface area contributed by atoms with E-state index in [1.54, 1.807) is 6.21 Å². The predicted molar refractivity (Wildman–Crippen MR) is 129 cm³/mol. The summed E-state index contributed by atoms with van der Waals surface area (Å²) < 4.78 is 13.6. The van der Waals surface area contributed by atoms with Gasteiger partial charge >= 0.3 is 0 Å². The van der Waals surface area contributed by atoms with Crippen LogP contribution in [0.25, 0.3) is 49.2 Å². The molecule has 152 valence electrons. The Morgan fingerprint density at radius 3 is 2.77 bits per heavy atom. The monoisotopic (exact) mass is 426 g/mol. The van der Waals surface area contributed by atoms with Crippen LogP contribution in [0.1, 0.15) is 12.5 Å². The van der Waals surface area contributed by atoms with Crippen LogP contribution in [0.3, 0.4) is 0 Å². The van der Waals surface area contributed by atoms with Gasteiger partial charge in [-0.15, -0.1) is 11.3 Å². The summed E-state index contributed by atoms with van der Waals surface area (Å²) in [5, 5.41) is 9.56. The van der Waals surface area contributed by atoms with Gasteiger partial charge in [-0.1, -0.05) is 30.9 Å². The van der Waals surface area contributed by atoms with E-state index in [1.807, 2.05) is 49.4 Å². The second kappa shape index (κ2) is 7.81. The van der Waals surface area contributed by atoms with Crippen molar-refractivity contribution in [3.8, 4) is 21.8 Å². The maximum absolute atomic E-state index is 13.6. The van der Waals surface area contributed by atoms with Crippen LogP contribution in [0.2, 0.25) is 0 Å². The molecule has 0 aliphatic carbocycles. The average molecular weight is 427 g/mol. The highest BCUT2D eigenvalue weighted by molar-refractivity contribution is 7.14. The molecule has 2 aromatic carbocycles. The number of aromatic amines is 2. The Labute approximate surface area is 182 Å². The lowest BCUT2D eigenvalue weighted by Crippen LogP contribution is -1.86. The molecule has 0 bridgehead atoms. The van der Waals surface area contributed by atoms with Gasteiger partial charge in [0.05, 0.1) is 11.2 Å². The summed E-state index contributed by atoms with van der Waals surface area (Å²) in [4.78, 5) is 8.53. The Hall–Kier alpha value is -3.77. The average Bonchev–Trinajstić information content (AvgIpc) is 3.51. The highest BCUT2D eigenvalue weighted by Crippen LogP contribution is 2.36. The zero-order chi connectivity index (χ0) is 21.4. The molecule has 3 aromatic heterocycles. The van der Waals surface area contributed by atoms with Gasteiger partial charge in [-0.2, -0.15) is 9.49 Å². The van der Waals surface area contributed by atoms with E-state index < -0.39 is 0 Å². The van der Waals surface area contributed by atoms with Gasteiger partial charge in [0, 0.05) is 39.1 Å². The largest absolute Gasteiger partial charge is 0.353 e. The zero-order valence-corrected chi connectivity index (χ0v) is 17.6. The first-order valence-electron chi connectivity index (χ1n) is 9.84. The van der Waals surface area contributed by atoms with Crippen LogP contribution in [-0.2, 0) is 0 Å². The number of aromatic nitrogens is 3. The standard InChI is InChI=1S/C25H19FN4S/c1-3-15(14-27-4-2)16-8-9-21-19(12-16)25(30-29-21)22-13-18-17(6-5-7-20(18)28-22)23-10-11-24(26)31-23/h3-14,28H,2H2,1H3,(H,29,30)/b15-3+,27-14?. The maximum Gasteiger partial charge on any atom is 0.176 e. The molecule has 0 fully saturated rings. The van der Waals surface area contributed by atoms with Crippen LogP contribution < -0.4 is 0 Å². The summed E-state index contributed by atoms with van der Waals surface area (Å²) in [6.45, 7) is 5.63. The second-order valence-electron chi connectivity index (χ2n) is 7.09. The Balaban J connectivity index is 1.65. The SMILES string of the molecule is C=CN=C/C(=C\C)c1ccc2[nH]nc(-c3cc4c(-c5ccc(F)s5)cccc4[nH]3)c2c1. The Morgan fingerprint density at radius 1 is 1.10 bits per heavy atom. The molecule has 0 atom stereocenters. The van der Waals surface area contributed by atoms with Gasteiger partial charge in [-0.05, 0) is 54.5 Å². The summed E-state index contributed by atoms with van der Waals surface area (Å²) in [5.41, 5.74) is 6.75. The minimum absolute atomic E-state index is 0.187. The van der Waals surface area contributed by atoms with Crippen molar-refractivity contribution < 1.29 is 4.39 Å². The Kier molecular flexibility index (Phi) is 4.84. The molecule has 4 nitrogen and oxygen atoms in total. The molecule has 3 heterocycles. The second-order valence-corrected chi connectivity index (χ2v) is 8.12. The van der Waals surface area contributed by atoms with Crippen molar-refractivity contribution in [3.05, 3.63) is 84.1 Å². The molecule has 5 rings (SSSR count). The lowest BCUT2D eigenvalue weighted by atomic mass is 10.0. The molecule has 31 heavy (non-hydrogen) atoms. The van der Waals surface area contributed by atoms with Crippen LogP contribution in [-0.4, -0.2) is 21.4 Å². The lowest BCUT2D eigenvalue weighted by Gasteiger charge is -2.02. The number of halogens is 1. The van der Waals surface area contributed by atoms with Gasteiger partial charge < -0.3 is 4.98 Å². The molecule has 0 saturated carbocycles. The quantitative estimate of drug-likeness (QED) is 0.287. The van der Waals surface area contributed by atoms with E-state index in [4.69, 9.17) is 0 Å². The number of nitrogens with zero attached hydrogens (tertiary/aromatic N) is 2. The summed E-state index contributed by atoms with van der Waals surface area (Å²) >= 11 is 1.15. The minimum Gasteiger partial charge on any atom is -0.353 e. The fraction of sp³-hybridized carbons (Fsp3) is 0.0400. The molecular weight excluding hydrogens is 407 g/mol. The van der Waals surface area contributed by atoms with Crippen molar-refractivity contribution in [2.45, 2.75) is 6.92 Å². The molecular formula is C25H19FN4S. The van der Waals surface area contributed by atoms with Crippen molar-refractivity contribution in [3.63, 3.8) is 0 Å². The highest BCUT2D eigenvalue weighted by Gasteiger charge is 2.15. The Morgan fingerprint density at radius 2 is 2.00 bits per heavy atom. The van der Waals surface area contributed by atoms with Crippen LogP contribution >= 0.6 is 11.3 Å². The van der Waals surface area contributed by atoms with E-state index in [2.05, 4.69) is 38.9 Å². The topological polar surface area (TPSA) is 56.8 Å². The van der Waals surface area contributed by atoms with Crippen molar-refractivity contribution in [2.24, 2.45) is 4.99 Å². The molecule has 0 amide bonds. The van der Waals surface area contributed by atoms with E-state index >= 15 is 0 Å². The van der Waals surface area contributed by atoms with E-state index in [1.165, 1.54) is 12.3 Å². The van der Waals surface area contributed by atoms with Crippen molar-refractivity contribution in [1.82, 2.24) is 15.2 Å². The van der Waals surface area contributed by atoms with Crippen molar-refractivity contribution in [1.29, 1.82) is 0 Å². The number of rotatable bonds is 5. The third-order valence-electron chi connectivity index (χ3n) is 5.28. The number of allylic oxidation sites excluding steroid dienone is 2. The smallest absolute Gasteiger partial charge is 0.176 e. The molecule has 0 radical (unpaired) electrons. The van der Waals surface area contributed by atoms with E-state index in [9.17, 15) is 4.39 Å². The van der Waals surface area contributed by atoms with Crippen LogP contribution in [0, 0.1) is 5.13 Å². The normalized spacial score (nSPS) is 12.4. The molecule has 0 saturated heterocycles. The van der Waals surface area contributed by atoms with Crippen LogP contribution in [0.15, 0.2) is 78.4 Å². The highest BCUT2D eigenvalue weighted by atomic mass is 32.1. The molecule has 6 heteroatoms. The zero-order valence-electron chi connectivity index (χ0n) is 16.8. The fourth-order valence-electron chi connectivity index (χ4n) is 3.80. The summed E-state index contributed by atoms with van der Waals surface area (Å²) in [6.07, 6.45) is 5.33. The van der Waals surface area contributed by atoms with Gasteiger partial charge in [0.25, 0.3) is 0 Å². The molecule has 0 unspecified atom stereocenters. The van der Waals surface area contributed by atoms with Crippen LogP contribution in [0.4, 0.5) is 4.39 Å². The maximum atomic E-state index is 13.6.